The molecule has 2 rings (SSSR count). The van der Waals surface area contributed by atoms with Gasteiger partial charge in [0.2, 0.25) is 0 Å². The molecular weight excluding hydrogens is 246 g/mol. The summed E-state index contributed by atoms with van der Waals surface area (Å²) in [5.74, 6) is 0.907. The second-order valence-corrected chi connectivity index (χ2v) is 5.04. The van der Waals surface area contributed by atoms with Crippen molar-refractivity contribution in [3.05, 3.63) is 65.7 Å². The summed E-state index contributed by atoms with van der Waals surface area (Å²) in [5, 5.41) is 3.57. The molecule has 0 saturated carbocycles. The van der Waals surface area contributed by atoms with Crippen molar-refractivity contribution in [1.82, 2.24) is 5.32 Å². The van der Waals surface area contributed by atoms with Gasteiger partial charge < -0.3 is 10.1 Å². The number of ether oxygens (including phenoxy) is 1. The first-order valence-corrected chi connectivity index (χ1v) is 7.21. The highest BCUT2D eigenvalue weighted by molar-refractivity contribution is 5.28. The second-order valence-electron chi connectivity index (χ2n) is 5.04. The molecular formula is C18H23NO. The van der Waals surface area contributed by atoms with Crippen LogP contribution in [-0.2, 0) is 6.42 Å². The molecule has 0 saturated heterocycles. The Morgan fingerprint density at radius 1 is 1.00 bits per heavy atom. The van der Waals surface area contributed by atoms with Crippen LogP contribution in [0.1, 0.15) is 30.5 Å². The van der Waals surface area contributed by atoms with Gasteiger partial charge in [-0.1, -0.05) is 42.5 Å². The number of aryl methyl sites for hydroxylation is 1. The number of hydrogen-bond acceptors (Lipinski definition) is 2. The Kier molecular flexibility index (Phi) is 5.63. The molecule has 106 valence electrons. The van der Waals surface area contributed by atoms with Crippen molar-refractivity contribution in [2.45, 2.75) is 25.8 Å². The van der Waals surface area contributed by atoms with Crippen LogP contribution in [-0.4, -0.2) is 13.7 Å². The van der Waals surface area contributed by atoms with Gasteiger partial charge in [0.15, 0.2) is 0 Å². The number of rotatable bonds is 7. The Morgan fingerprint density at radius 3 is 2.35 bits per heavy atom. The molecule has 0 fully saturated rings. The molecule has 2 aromatic carbocycles. The summed E-state index contributed by atoms with van der Waals surface area (Å²) in [6.45, 7) is 3.23. The first-order chi connectivity index (χ1) is 9.79. The molecule has 20 heavy (non-hydrogen) atoms. The number of methoxy groups -OCH3 is 1. The fourth-order valence-corrected chi connectivity index (χ4v) is 2.27. The smallest absolute Gasteiger partial charge is 0.118 e. The van der Waals surface area contributed by atoms with E-state index in [0.29, 0.717) is 6.04 Å². The molecule has 1 unspecified atom stereocenters. The number of nitrogens with one attached hydrogen (secondary N) is 1. The summed E-state index contributed by atoms with van der Waals surface area (Å²) in [7, 11) is 1.69. The third-order valence-electron chi connectivity index (χ3n) is 3.55. The third-order valence-corrected chi connectivity index (χ3v) is 3.55. The first kappa shape index (κ1) is 14.6. The minimum absolute atomic E-state index is 0.372. The molecule has 2 heteroatoms. The van der Waals surface area contributed by atoms with E-state index in [1.807, 2.05) is 12.1 Å². The molecule has 0 aliphatic heterocycles. The molecule has 0 aliphatic carbocycles. The molecule has 2 nitrogen and oxygen atoms in total. The average Bonchev–Trinajstić information content (AvgIpc) is 2.52. The van der Waals surface area contributed by atoms with Crippen LogP contribution in [0.5, 0.6) is 5.75 Å². The van der Waals surface area contributed by atoms with Gasteiger partial charge in [-0.2, -0.15) is 0 Å². The highest BCUT2D eigenvalue weighted by Gasteiger charge is 2.04. The fraction of sp³-hybridized carbons (Fsp3) is 0.333. The molecule has 0 radical (unpaired) electrons. The summed E-state index contributed by atoms with van der Waals surface area (Å²) < 4.78 is 5.18. The van der Waals surface area contributed by atoms with Gasteiger partial charge in [0.25, 0.3) is 0 Å². The zero-order valence-electron chi connectivity index (χ0n) is 12.3. The largest absolute Gasteiger partial charge is 0.497 e. The lowest BCUT2D eigenvalue weighted by molar-refractivity contribution is 0.414. The summed E-state index contributed by atoms with van der Waals surface area (Å²) >= 11 is 0. The summed E-state index contributed by atoms with van der Waals surface area (Å²) in [4.78, 5) is 0. The van der Waals surface area contributed by atoms with Gasteiger partial charge in [-0.3, -0.25) is 0 Å². The minimum atomic E-state index is 0.372. The zero-order valence-corrected chi connectivity index (χ0v) is 12.3. The number of hydrogen-bond donors (Lipinski definition) is 1. The normalized spacial score (nSPS) is 12.1. The van der Waals surface area contributed by atoms with E-state index < -0.39 is 0 Å². The van der Waals surface area contributed by atoms with Crippen molar-refractivity contribution in [2.24, 2.45) is 0 Å². The van der Waals surface area contributed by atoms with Gasteiger partial charge in [0.05, 0.1) is 7.11 Å². The minimum Gasteiger partial charge on any atom is -0.497 e. The molecule has 2 aromatic rings. The fourth-order valence-electron chi connectivity index (χ4n) is 2.27. The molecule has 0 bridgehead atoms. The van der Waals surface area contributed by atoms with Crippen LogP contribution in [0.2, 0.25) is 0 Å². The van der Waals surface area contributed by atoms with E-state index >= 15 is 0 Å². The monoisotopic (exact) mass is 269 g/mol. The van der Waals surface area contributed by atoms with E-state index in [0.717, 1.165) is 25.1 Å². The van der Waals surface area contributed by atoms with Gasteiger partial charge in [0, 0.05) is 6.04 Å². The maximum atomic E-state index is 5.18. The van der Waals surface area contributed by atoms with Gasteiger partial charge in [0.1, 0.15) is 5.75 Å². The first-order valence-electron chi connectivity index (χ1n) is 7.21. The average molecular weight is 269 g/mol. The molecule has 1 N–H and O–H groups in total. The molecule has 0 spiro atoms. The van der Waals surface area contributed by atoms with Crippen molar-refractivity contribution in [3.8, 4) is 5.75 Å². The third kappa shape index (κ3) is 4.39. The van der Waals surface area contributed by atoms with Gasteiger partial charge in [-0.25, -0.2) is 0 Å². The van der Waals surface area contributed by atoms with E-state index in [9.17, 15) is 0 Å². The van der Waals surface area contributed by atoms with Gasteiger partial charge >= 0.3 is 0 Å². The van der Waals surface area contributed by atoms with E-state index in [2.05, 4.69) is 54.7 Å². The quantitative estimate of drug-likeness (QED) is 0.768. The van der Waals surface area contributed by atoms with Crippen molar-refractivity contribution in [3.63, 3.8) is 0 Å². The van der Waals surface area contributed by atoms with Gasteiger partial charge in [-0.15, -0.1) is 0 Å². The maximum Gasteiger partial charge on any atom is 0.118 e. The van der Waals surface area contributed by atoms with Crippen LogP contribution in [0.3, 0.4) is 0 Å². The Balaban J connectivity index is 1.73. The van der Waals surface area contributed by atoms with Crippen LogP contribution in [0.4, 0.5) is 0 Å². The van der Waals surface area contributed by atoms with Crippen LogP contribution in [0.25, 0.3) is 0 Å². The van der Waals surface area contributed by atoms with E-state index in [1.165, 1.54) is 11.1 Å². The SMILES string of the molecule is COc1ccc(C(C)NCCCc2ccccc2)cc1. The van der Waals surface area contributed by atoms with Crippen LogP contribution >= 0.6 is 0 Å². The lowest BCUT2D eigenvalue weighted by atomic mass is 10.1. The van der Waals surface area contributed by atoms with E-state index in [4.69, 9.17) is 4.74 Å². The Labute approximate surface area is 121 Å². The highest BCUT2D eigenvalue weighted by Crippen LogP contribution is 2.17. The second kappa shape index (κ2) is 7.71. The van der Waals surface area contributed by atoms with E-state index in [-0.39, 0.29) is 0 Å². The molecule has 0 heterocycles. The van der Waals surface area contributed by atoms with E-state index in [1.54, 1.807) is 7.11 Å². The van der Waals surface area contributed by atoms with Crippen LogP contribution < -0.4 is 10.1 Å². The molecule has 0 aromatic heterocycles. The van der Waals surface area contributed by atoms with Crippen LogP contribution in [0, 0.1) is 0 Å². The van der Waals surface area contributed by atoms with Crippen LogP contribution in [0.15, 0.2) is 54.6 Å². The van der Waals surface area contributed by atoms with Crippen molar-refractivity contribution < 1.29 is 4.74 Å². The molecule has 0 amide bonds. The lowest BCUT2D eigenvalue weighted by Crippen LogP contribution is -2.20. The Bertz CT molecular complexity index is 493. The topological polar surface area (TPSA) is 21.3 Å². The van der Waals surface area contributed by atoms with Crippen molar-refractivity contribution in [2.75, 3.05) is 13.7 Å². The number of benzene rings is 2. The van der Waals surface area contributed by atoms with Crippen molar-refractivity contribution >= 4 is 0 Å². The summed E-state index contributed by atoms with van der Waals surface area (Å²) in [6, 6.07) is 19.3. The zero-order chi connectivity index (χ0) is 14.2. The lowest BCUT2D eigenvalue weighted by Gasteiger charge is -2.14. The Morgan fingerprint density at radius 2 is 1.70 bits per heavy atom. The maximum absolute atomic E-state index is 5.18. The molecule has 0 aliphatic rings. The standard InChI is InChI=1S/C18H23NO/c1-15(17-10-12-18(20-2)13-11-17)19-14-6-9-16-7-4-3-5-8-16/h3-5,7-8,10-13,15,19H,6,9,14H2,1-2H3. The summed E-state index contributed by atoms with van der Waals surface area (Å²) in [5.41, 5.74) is 2.71. The van der Waals surface area contributed by atoms with Gasteiger partial charge in [-0.05, 0) is 49.6 Å². The predicted molar refractivity (Wildman–Crippen MR) is 84.2 cm³/mol. The Hall–Kier alpha value is -1.80. The summed E-state index contributed by atoms with van der Waals surface area (Å²) in [6.07, 6.45) is 2.29. The van der Waals surface area contributed by atoms with Crippen molar-refractivity contribution in [1.29, 1.82) is 0 Å². The predicted octanol–water partition coefficient (Wildman–Crippen LogP) is 3.98. The molecule has 1 atom stereocenters. The highest BCUT2D eigenvalue weighted by atomic mass is 16.5.